The van der Waals surface area contributed by atoms with E-state index in [0.717, 1.165) is 6.42 Å². The molecular formula is C18H29NO. The Balaban J connectivity index is 2.13. The summed E-state index contributed by atoms with van der Waals surface area (Å²) >= 11 is 0. The maximum atomic E-state index is 9.55. The Labute approximate surface area is 123 Å². The summed E-state index contributed by atoms with van der Waals surface area (Å²) in [7, 11) is 0. The normalized spacial score (nSPS) is 24.6. The average molecular weight is 275 g/mol. The summed E-state index contributed by atoms with van der Waals surface area (Å²) in [4.78, 5) is 0. The molecule has 3 unspecified atom stereocenters. The van der Waals surface area contributed by atoms with Crippen LogP contribution in [0.2, 0.25) is 0 Å². The van der Waals surface area contributed by atoms with Crippen LogP contribution in [0.25, 0.3) is 0 Å². The lowest BCUT2D eigenvalue weighted by Crippen LogP contribution is -2.41. The van der Waals surface area contributed by atoms with Gasteiger partial charge in [-0.1, -0.05) is 30.5 Å². The van der Waals surface area contributed by atoms with Gasteiger partial charge in [0.15, 0.2) is 0 Å². The predicted molar refractivity (Wildman–Crippen MR) is 85.0 cm³/mol. The van der Waals surface area contributed by atoms with E-state index >= 15 is 0 Å². The lowest BCUT2D eigenvalue weighted by molar-refractivity contribution is 0.147. The average Bonchev–Trinajstić information content (AvgIpc) is 2.38. The van der Waals surface area contributed by atoms with Gasteiger partial charge < -0.3 is 10.4 Å². The van der Waals surface area contributed by atoms with Crippen LogP contribution in [0.4, 0.5) is 0 Å². The molecule has 0 spiro atoms. The van der Waals surface area contributed by atoms with E-state index in [1.54, 1.807) is 0 Å². The van der Waals surface area contributed by atoms with Gasteiger partial charge in [-0.15, -0.1) is 0 Å². The Morgan fingerprint density at radius 3 is 2.35 bits per heavy atom. The lowest BCUT2D eigenvalue weighted by Gasteiger charge is -2.34. The Morgan fingerprint density at radius 2 is 1.75 bits per heavy atom. The standard InChI is InChI=1S/C18H29NO/c1-12-9-13(2)18(14(3)10-12)15(4)19-17-8-6-5-7-16(17)11-20/h9-10,15-17,19-20H,5-8,11H2,1-4H3. The Hall–Kier alpha value is -0.860. The topological polar surface area (TPSA) is 32.3 Å². The first kappa shape index (κ1) is 15.5. The quantitative estimate of drug-likeness (QED) is 0.875. The van der Waals surface area contributed by atoms with E-state index in [2.05, 4.69) is 45.1 Å². The van der Waals surface area contributed by atoms with Crippen molar-refractivity contribution in [3.63, 3.8) is 0 Å². The van der Waals surface area contributed by atoms with Crippen LogP contribution in [0, 0.1) is 26.7 Å². The molecule has 20 heavy (non-hydrogen) atoms. The minimum absolute atomic E-state index is 0.316. The molecule has 0 saturated heterocycles. The highest BCUT2D eigenvalue weighted by Gasteiger charge is 2.26. The maximum Gasteiger partial charge on any atom is 0.0474 e. The van der Waals surface area contributed by atoms with Crippen LogP contribution in [0.15, 0.2) is 12.1 Å². The number of hydrogen-bond donors (Lipinski definition) is 2. The first-order chi connectivity index (χ1) is 9.52. The van der Waals surface area contributed by atoms with Crippen LogP contribution in [-0.4, -0.2) is 17.8 Å². The van der Waals surface area contributed by atoms with E-state index < -0.39 is 0 Å². The summed E-state index contributed by atoms with van der Waals surface area (Å²) in [5, 5.41) is 13.3. The molecule has 0 radical (unpaired) electrons. The molecule has 3 atom stereocenters. The number of aliphatic hydroxyl groups excluding tert-OH is 1. The Kier molecular flexibility index (Phi) is 5.22. The molecule has 2 heteroatoms. The van der Waals surface area contributed by atoms with Gasteiger partial charge in [-0.3, -0.25) is 0 Å². The van der Waals surface area contributed by atoms with Crippen molar-refractivity contribution < 1.29 is 5.11 Å². The smallest absolute Gasteiger partial charge is 0.0474 e. The highest BCUT2D eigenvalue weighted by atomic mass is 16.3. The molecule has 2 N–H and O–H groups in total. The summed E-state index contributed by atoms with van der Waals surface area (Å²) in [6.07, 6.45) is 4.90. The molecule has 0 heterocycles. The summed E-state index contributed by atoms with van der Waals surface area (Å²) < 4.78 is 0. The summed E-state index contributed by atoms with van der Waals surface area (Å²) in [6, 6.07) is 5.35. The molecule has 1 saturated carbocycles. The fourth-order valence-electron chi connectivity index (χ4n) is 3.92. The predicted octanol–water partition coefficient (Wildman–Crippen LogP) is 3.81. The van der Waals surface area contributed by atoms with Crippen LogP contribution >= 0.6 is 0 Å². The molecule has 1 aromatic rings. The van der Waals surface area contributed by atoms with Gasteiger partial charge in [-0.25, -0.2) is 0 Å². The van der Waals surface area contributed by atoms with E-state index in [4.69, 9.17) is 0 Å². The minimum atomic E-state index is 0.316. The molecule has 1 aromatic carbocycles. The molecule has 1 fully saturated rings. The van der Waals surface area contributed by atoms with E-state index in [0.29, 0.717) is 24.6 Å². The highest BCUT2D eigenvalue weighted by Crippen LogP contribution is 2.29. The van der Waals surface area contributed by atoms with Gasteiger partial charge in [0.1, 0.15) is 0 Å². The zero-order valence-corrected chi connectivity index (χ0v) is 13.4. The van der Waals surface area contributed by atoms with E-state index in [1.165, 1.54) is 41.5 Å². The van der Waals surface area contributed by atoms with Crippen LogP contribution in [0.5, 0.6) is 0 Å². The number of nitrogens with one attached hydrogen (secondary N) is 1. The van der Waals surface area contributed by atoms with Crippen molar-refractivity contribution >= 4 is 0 Å². The molecular weight excluding hydrogens is 246 g/mol. The molecule has 0 bridgehead atoms. The first-order valence-electron chi connectivity index (χ1n) is 7.97. The van der Waals surface area contributed by atoms with Gasteiger partial charge in [0, 0.05) is 18.7 Å². The molecule has 0 aromatic heterocycles. The maximum absolute atomic E-state index is 9.55. The number of rotatable bonds is 4. The minimum Gasteiger partial charge on any atom is -0.396 e. The first-order valence-corrected chi connectivity index (χ1v) is 7.97. The van der Waals surface area contributed by atoms with Gasteiger partial charge >= 0.3 is 0 Å². The molecule has 1 aliphatic rings. The van der Waals surface area contributed by atoms with Gasteiger partial charge in [-0.05, 0) is 63.1 Å². The number of hydrogen-bond acceptors (Lipinski definition) is 2. The van der Waals surface area contributed by atoms with Crippen LogP contribution in [0.3, 0.4) is 0 Å². The van der Waals surface area contributed by atoms with Crippen molar-refractivity contribution in [1.82, 2.24) is 5.32 Å². The van der Waals surface area contributed by atoms with Crippen LogP contribution < -0.4 is 5.32 Å². The van der Waals surface area contributed by atoms with Crippen molar-refractivity contribution in [3.8, 4) is 0 Å². The summed E-state index contributed by atoms with van der Waals surface area (Å²) in [5.41, 5.74) is 5.51. The second-order valence-electron chi connectivity index (χ2n) is 6.53. The summed E-state index contributed by atoms with van der Waals surface area (Å²) in [5.74, 6) is 0.428. The third-order valence-electron chi connectivity index (χ3n) is 4.78. The zero-order valence-electron chi connectivity index (χ0n) is 13.4. The van der Waals surface area contributed by atoms with Gasteiger partial charge in [-0.2, -0.15) is 0 Å². The Morgan fingerprint density at radius 1 is 1.15 bits per heavy atom. The summed E-state index contributed by atoms with van der Waals surface area (Å²) in [6.45, 7) is 9.14. The molecule has 0 aliphatic heterocycles. The van der Waals surface area contributed by atoms with Gasteiger partial charge in [0.05, 0.1) is 0 Å². The highest BCUT2D eigenvalue weighted by molar-refractivity contribution is 5.39. The van der Waals surface area contributed by atoms with Crippen molar-refractivity contribution in [3.05, 3.63) is 34.4 Å². The van der Waals surface area contributed by atoms with E-state index in [9.17, 15) is 5.11 Å². The number of aryl methyl sites for hydroxylation is 3. The number of benzene rings is 1. The SMILES string of the molecule is Cc1cc(C)c(C(C)NC2CCCCC2CO)c(C)c1. The van der Waals surface area contributed by atoms with E-state index in [-0.39, 0.29) is 0 Å². The van der Waals surface area contributed by atoms with Crippen molar-refractivity contribution in [2.24, 2.45) is 5.92 Å². The molecule has 2 nitrogen and oxygen atoms in total. The van der Waals surface area contributed by atoms with Gasteiger partial charge in [0.2, 0.25) is 0 Å². The fourth-order valence-corrected chi connectivity index (χ4v) is 3.92. The number of aliphatic hydroxyl groups is 1. The van der Waals surface area contributed by atoms with Gasteiger partial charge in [0.25, 0.3) is 0 Å². The van der Waals surface area contributed by atoms with Crippen molar-refractivity contribution in [1.29, 1.82) is 0 Å². The van der Waals surface area contributed by atoms with E-state index in [1.807, 2.05) is 0 Å². The second kappa shape index (κ2) is 6.73. The molecule has 112 valence electrons. The van der Waals surface area contributed by atoms with Crippen molar-refractivity contribution in [2.45, 2.75) is 65.5 Å². The second-order valence-corrected chi connectivity index (χ2v) is 6.53. The molecule has 0 amide bonds. The largest absolute Gasteiger partial charge is 0.396 e. The third kappa shape index (κ3) is 3.42. The van der Waals surface area contributed by atoms with Crippen LogP contribution in [0.1, 0.15) is 60.9 Å². The Bertz CT molecular complexity index is 432. The van der Waals surface area contributed by atoms with Crippen LogP contribution in [-0.2, 0) is 0 Å². The fraction of sp³-hybridized carbons (Fsp3) is 0.667. The van der Waals surface area contributed by atoms with Crippen molar-refractivity contribution in [2.75, 3.05) is 6.61 Å². The zero-order chi connectivity index (χ0) is 14.7. The lowest BCUT2D eigenvalue weighted by atomic mass is 9.84. The molecule has 2 rings (SSSR count). The third-order valence-corrected chi connectivity index (χ3v) is 4.78. The monoisotopic (exact) mass is 275 g/mol. The molecule has 1 aliphatic carbocycles.